The number of carbonyl (C=O) groups excluding carboxylic acids is 1. The molecule has 0 atom stereocenters. The number of non-ortho nitro benzene ring substituents is 1. The highest BCUT2D eigenvalue weighted by Crippen LogP contribution is 2.25. The van der Waals surface area contributed by atoms with Crippen LogP contribution in [0.1, 0.15) is 12.8 Å². The van der Waals surface area contributed by atoms with Crippen LogP contribution in [0, 0.1) is 10.1 Å². The second kappa shape index (κ2) is 8.52. The Hall–Kier alpha value is -3.09. The van der Waals surface area contributed by atoms with Gasteiger partial charge in [-0.25, -0.2) is 0 Å². The number of benzene rings is 2. The number of carbonyl (C=O) groups is 1. The van der Waals surface area contributed by atoms with E-state index in [9.17, 15) is 14.9 Å². The van der Waals surface area contributed by atoms with Gasteiger partial charge in [-0.2, -0.15) is 0 Å². The maximum absolute atomic E-state index is 11.8. The van der Waals surface area contributed by atoms with Crippen molar-refractivity contribution in [1.29, 1.82) is 0 Å². The summed E-state index contributed by atoms with van der Waals surface area (Å²) in [5.41, 5.74) is 0.509. The first-order valence-corrected chi connectivity index (χ1v) is 7.40. The number of amides is 1. The van der Waals surface area contributed by atoms with Crippen molar-refractivity contribution < 1.29 is 19.2 Å². The summed E-state index contributed by atoms with van der Waals surface area (Å²) in [6.45, 7) is 0.383. The van der Waals surface area contributed by atoms with Gasteiger partial charge in [0.2, 0.25) is 5.91 Å². The lowest BCUT2D eigenvalue weighted by molar-refractivity contribution is -0.384. The van der Waals surface area contributed by atoms with E-state index in [-0.39, 0.29) is 18.0 Å². The lowest BCUT2D eigenvalue weighted by Gasteiger charge is -2.10. The Kier molecular flexibility index (Phi) is 6.13. The van der Waals surface area contributed by atoms with Crippen LogP contribution in [0.15, 0.2) is 48.5 Å². The Morgan fingerprint density at radius 3 is 2.42 bits per heavy atom. The van der Waals surface area contributed by atoms with E-state index in [1.54, 1.807) is 19.2 Å². The van der Waals surface area contributed by atoms with Crippen molar-refractivity contribution in [1.82, 2.24) is 0 Å². The predicted molar refractivity (Wildman–Crippen MR) is 89.4 cm³/mol. The van der Waals surface area contributed by atoms with Crippen LogP contribution in [-0.2, 0) is 4.79 Å². The average Bonchev–Trinajstić information content (AvgIpc) is 2.59. The summed E-state index contributed by atoms with van der Waals surface area (Å²) in [5, 5.41) is 13.3. The molecule has 0 saturated heterocycles. The Labute approximate surface area is 139 Å². The zero-order chi connectivity index (χ0) is 17.4. The summed E-state index contributed by atoms with van der Waals surface area (Å²) in [7, 11) is 1.57. The van der Waals surface area contributed by atoms with Gasteiger partial charge < -0.3 is 14.8 Å². The van der Waals surface area contributed by atoms with Crippen molar-refractivity contribution in [3.8, 4) is 11.5 Å². The molecule has 0 saturated carbocycles. The largest absolute Gasteiger partial charge is 0.493 e. The number of nitrogens with zero attached hydrogens (tertiary/aromatic N) is 1. The second-order valence-electron chi connectivity index (χ2n) is 4.96. The molecule has 7 heteroatoms. The minimum absolute atomic E-state index is 0.0155. The molecule has 2 aromatic rings. The Bertz CT molecular complexity index is 700. The molecular weight excluding hydrogens is 312 g/mol. The van der Waals surface area contributed by atoms with Crippen LogP contribution < -0.4 is 14.8 Å². The topological polar surface area (TPSA) is 90.7 Å². The third-order valence-corrected chi connectivity index (χ3v) is 3.24. The number of hydrogen-bond acceptors (Lipinski definition) is 5. The molecule has 0 spiro atoms. The number of nitro groups is 1. The number of ether oxygens (including phenoxy) is 2. The van der Waals surface area contributed by atoms with E-state index in [1.807, 2.05) is 12.1 Å². The number of methoxy groups -OCH3 is 1. The SMILES string of the molecule is COc1ccccc1OCCCC(=O)Nc1ccc([N+](=O)[O-])cc1. The maximum Gasteiger partial charge on any atom is 0.269 e. The molecule has 0 aliphatic carbocycles. The smallest absolute Gasteiger partial charge is 0.269 e. The Balaban J connectivity index is 1.74. The number of rotatable bonds is 8. The van der Waals surface area contributed by atoms with Crippen LogP contribution in [0.2, 0.25) is 0 Å². The van der Waals surface area contributed by atoms with E-state index in [0.29, 0.717) is 30.2 Å². The summed E-state index contributed by atoms with van der Waals surface area (Å²) in [6, 6.07) is 13.0. The van der Waals surface area contributed by atoms with Crippen LogP contribution >= 0.6 is 0 Å². The van der Waals surface area contributed by atoms with Gasteiger partial charge in [0.05, 0.1) is 18.6 Å². The van der Waals surface area contributed by atoms with Crippen molar-refractivity contribution in [2.45, 2.75) is 12.8 Å². The number of nitro benzene ring substituents is 1. The summed E-state index contributed by atoms with van der Waals surface area (Å²) in [5.74, 6) is 1.11. The molecule has 0 fully saturated rings. The van der Waals surface area contributed by atoms with Gasteiger partial charge in [0.25, 0.3) is 5.69 Å². The fraction of sp³-hybridized carbons (Fsp3) is 0.235. The van der Waals surface area contributed by atoms with Gasteiger partial charge in [-0.15, -0.1) is 0 Å². The molecule has 0 bridgehead atoms. The minimum atomic E-state index is -0.485. The van der Waals surface area contributed by atoms with E-state index in [1.165, 1.54) is 24.3 Å². The number of hydrogen-bond donors (Lipinski definition) is 1. The molecule has 0 radical (unpaired) electrons. The lowest BCUT2D eigenvalue weighted by atomic mass is 10.2. The summed E-state index contributed by atoms with van der Waals surface area (Å²) in [6.07, 6.45) is 0.822. The summed E-state index contributed by atoms with van der Waals surface area (Å²) < 4.78 is 10.8. The van der Waals surface area contributed by atoms with Gasteiger partial charge in [0.1, 0.15) is 0 Å². The highest BCUT2D eigenvalue weighted by Gasteiger charge is 2.07. The second-order valence-corrected chi connectivity index (χ2v) is 4.96. The molecule has 7 nitrogen and oxygen atoms in total. The molecule has 0 aliphatic rings. The van der Waals surface area contributed by atoms with Crippen molar-refractivity contribution >= 4 is 17.3 Å². The fourth-order valence-electron chi connectivity index (χ4n) is 2.04. The average molecular weight is 330 g/mol. The quantitative estimate of drug-likeness (QED) is 0.455. The molecule has 2 rings (SSSR count). The van der Waals surface area contributed by atoms with Crippen LogP contribution in [0.25, 0.3) is 0 Å². The zero-order valence-electron chi connectivity index (χ0n) is 13.2. The van der Waals surface area contributed by atoms with Crippen LogP contribution in [0.5, 0.6) is 11.5 Å². The molecule has 2 aromatic carbocycles. The first kappa shape index (κ1) is 17.3. The number of anilines is 1. The summed E-state index contributed by atoms with van der Waals surface area (Å²) >= 11 is 0. The summed E-state index contributed by atoms with van der Waals surface area (Å²) in [4.78, 5) is 21.9. The monoisotopic (exact) mass is 330 g/mol. The first-order chi connectivity index (χ1) is 11.6. The van der Waals surface area contributed by atoms with Gasteiger partial charge >= 0.3 is 0 Å². The molecule has 0 aromatic heterocycles. The fourth-order valence-corrected chi connectivity index (χ4v) is 2.04. The first-order valence-electron chi connectivity index (χ1n) is 7.40. The molecule has 0 heterocycles. The van der Waals surface area contributed by atoms with E-state index in [4.69, 9.17) is 9.47 Å². The van der Waals surface area contributed by atoms with Gasteiger partial charge in [-0.3, -0.25) is 14.9 Å². The molecule has 1 amide bonds. The molecular formula is C17H18N2O5. The van der Waals surface area contributed by atoms with Crippen LogP contribution in [0.4, 0.5) is 11.4 Å². The molecule has 1 N–H and O–H groups in total. The maximum atomic E-state index is 11.8. The molecule has 126 valence electrons. The van der Waals surface area contributed by atoms with E-state index >= 15 is 0 Å². The van der Waals surface area contributed by atoms with E-state index in [0.717, 1.165) is 0 Å². The zero-order valence-corrected chi connectivity index (χ0v) is 13.2. The van der Waals surface area contributed by atoms with Crippen molar-refractivity contribution in [3.63, 3.8) is 0 Å². The van der Waals surface area contributed by atoms with Crippen molar-refractivity contribution in [2.75, 3.05) is 19.0 Å². The van der Waals surface area contributed by atoms with E-state index < -0.39 is 4.92 Å². The number of nitrogens with one attached hydrogen (secondary N) is 1. The third-order valence-electron chi connectivity index (χ3n) is 3.24. The number of para-hydroxylation sites is 2. The van der Waals surface area contributed by atoms with Gasteiger partial charge in [-0.05, 0) is 30.7 Å². The Morgan fingerprint density at radius 2 is 1.79 bits per heavy atom. The van der Waals surface area contributed by atoms with Crippen LogP contribution in [0.3, 0.4) is 0 Å². The minimum Gasteiger partial charge on any atom is -0.493 e. The van der Waals surface area contributed by atoms with Gasteiger partial charge in [-0.1, -0.05) is 12.1 Å². The van der Waals surface area contributed by atoms with E-state index in [2.05, 4.69) is 5.32 Å². The molecule has 0 unspecified atom stereocenters. The molecule has 24 heavy (non-hydrogen) atoms. The van der Waals surface area contributed by atoms with Crippen molar-refractivity contribution in [3.05, 3.63) is 58.6 Å². The van der Waals surface area contributed by atoms with Crippen molar-refractivity contribution in [2.24, 2.45) is 0 Å². The Morgan fingerprint density at radius 1 is 1.12 bits per heavy atom. The highest BCUT2D eigenvalue weighted by molar-refractivity contribution is 5.90. The highest BCUT2D eigenvalue weighted by atomic mass is 16.6. The standard InChI is InChI=1S/C17H18N2O5/c1-23-15-5-2-3-6-16(15)24-12-4-7-17(20)18-13-8-10-14(11-9-13)19(21)22/h2-3,5-6,8-11H,4,7,12H2,1H3,(H,18,20). The van der Waals surface area contributed by atoms with Gasteiger partial charge in [0.15, 0.2) is 11.5 Å². The van der Waals surface area contributed by atoms with Gasteiger partial charge in [0, 0.05) is 24.2 Å². The predicted octanol–water partition coefficient (Wildman–Crippen LogP) is 3.40. The lowest BCUT2D eigenvalue weighted by Crippen LogP contribution is -2.12. The molecule has 0 aliphatic heterocycles. The normalized spacial score (nSPS) is 10.0. The third kappa shape index (κ3) is 4.98. The van der Waals surface area contributed by atoms with Crippen LogP contribution in [-0.4, -0.2) is 24.5 Å².